The molecule has 3 heteroatoms. The second kappa shape index (κ2) is 4.39. The first-order valence-electron chi connectivity index (χ1n) is 3.76. The van der Waals surface area contributed by atoms with E-state index in [9.17, 15) is 4.79 Å². The molecular formula is C8H11ClO2. The lowest BCUT2D eigenvalue weighted by molar-refractivity contribution is -0.150. The van der Waals surface area contributed by atoms with E-state index < -0.39 is 0 Å². The van der Waals surface area contributed by atoms with Crippen molar-refractivity contribution in [3.05, 3.63) is 11.6 Å². The number of hydrogen-bond donors (Lipinski definition) is 0. The highest BCUT2D eigenvalue weighted by atomic mass is 35.5. The van der Waals surface area contributed by atoms with Gasteiger partial charge in [0.1, 0.15) is 6.61 Å². The van der Waals surface area contributed by atoms with Crippen LogP contribution in [0.15, 0.2) is 11.6 Å². The zero-order chi connectivity index (χ0) is 8.10. The Morgan fingerprint density at radius 1 is 1.64 bits per heavy atom. The van der Waals surface area contributed by atoms with Gasteiger partial charge in [-0.15, -0.1) is 0 Å². The average molecular weight is 175 g/mol. The third-order valence-electron chi connectivity index (χ3n) is 1.85. The van der Waals surface area contributed by atoms with E-state index >= 15 is 0 Å². The van der Waals surface area contributed by atoms with E-state index in [2.05, 4.69) is 0 Å². The van der Waals surface area contributed by atoms with Crippen molar-refractivity contribution < 1.29 is 9.53 Å². The summed E-state index contributed by atoms with van der Waals surface area (Å²) >= 11 is 5.24. The van der Waals surface area contributed by atoms with Crippen molar-refractivity contribution >= 4 is 17.6 Å². The molecule has 1 rings (SSSR count). The van der Waals surface area contributed by atoms with Gasteiger partial charge < -0.3 is 4.74 Å². The summed E-state index contributed by atoms with van der Waals surface area (Å²) in [5.41, 5.74) is 1.36. The molecule has 0 bridgehead atoms. The van der Waals surface area contributed by atoms with E-state index in [4.69, 9.17) is 16.3 Å². The summed E-state index contributed by atoms with van der Waals surface area (Å²) in [5, 5.41) is 0. The molecule has 0 heterocycles. The van der Waals surface area contributed by atoms with Gasteiger partial charge in [0, 0.05) is 5.54 Å². The van der Waals surface area contributed by atoms with Crippen LogP contribution in [0.5, 0.6) is 0 Å². The maximum atomic E-state index is 11.0. The van der Waals surface area contributed by atoms with Crippen molar-refractivity contribution in [2.24, 2.45) is 5.92 Å². The molecule has 1 aliphatic rings. The van der Waals surface area contributed by atoms with Gasteiger partial charge in [0.05, 0.1) is 5.92 Å². The molecule has 0 spiro atoms. The molecule has 11 heavy (non-hydrogen) atoms. The largest absolute Gasteiger partial charge is 0.461 e. The maximum absolute atomic E-state index is 11.0. The van der Waals surface area contributed by atoms with Gasteiger partial charge in [-0.25, -0.2) is 0 Å². The smallest absolute Gasteiger partial charge is 0.309 e. The standard InChI is InChI=1S/C8H11ClO2/c9-5-2-6-11-8(10)7-3-1-4-7/h2,5,7H,1,3-4,6H2/b5-2+. The van der Waals surface area contributed by atoms with Crippen LogP contribution < -0.4 is 0 Å². The summed E-state index contributed by atoms with van der Waals surface area (Å²) in [6.07, 6.45) is 4.75. The molecule has 62 valence electrons. The molecule has 0 aromatic heterocycles. The quantitative estimate of drug-likeness (QED) is 0.613. The molecule has 0 amide bonds. The number of hydrogen-bond acceptors (Lipinski definition) is 2. The lowest BCUT2D eigenvalue weighted by Gasteiger charge is -2.22. The summed E-state index contributed by atoms with van der Waals surface area (Å²) in [6, 6.07) is 0. The zero-order valence-corrected chi connectivity index (χ0v) is 7.01. The number of carbonyl (C=O) groups is 1. The van der Waals surface area contributed by atoms with Crippen molar-refractivity contribution in [2.75, 3.05) is 6.61 Å². The summed E-state index contributed by atoms with van der Waals surface area (Å²) in [4.78, 5) is 11.0. The molecule has 0 radical (unpaired) electrons. The van der Waals surface area contributed by atoms with E-state index in [0.717, 1.165) is 19.3 Å². The van der Waals surface area contributed by atoms with Gasteiger partial charge in [0.25, 0.3) is 0 Å². The fourth-order valence-corrected chi connectivity index (χ4v) is 1.00. The summed E-state index contributed by atoms with van der Waals surface area (Å²) < 4.78 is 4.88. The fraction of sp³-hybridized carbons (Fsp3) is 0.625. The van der Waals surface area contributed by atoms with Gasteiger partial charge in [-0.2, -0.15) is 0 Å². The molecule has 0 atom stereocenters. The number of ether oxygens (including phenoxy) is 1. The highest BCUT2D eigenvalue weighted by Crippen LogP contribution is 2.27. The Kier molecular flexibility index (Phi) is 3.43. The van der Waals surface area contributed by atoms with E-state index in [1.54, 1.807) is 6.08 Å². The number of carbonyl (C=O) groups excluding carboxylic acids is 1. The summed E-state index contributed by atoms with van der Waals surface area (Å²) in [7, 11) is 0. The lowest BCUT2D eigenvalue weighted by atomic mass is 9.86. The second-order valence-electron chi connectivity index (χ2n) is 2.62. The van der Waals surface area contributed by atoms with Crippen LogP contribution >= 0.6 is 11.6 Å². The van der Waals surface area contributed by atoms with Crippen LogP contribution in [0, 0.1) is 5.92 Å². The van der Waals surface area contributed by atoms with Crippen LogP contribution in [0.1, 0.15) is 19.3 Å². The minimum atomic E-state index is -0.0778. The first kappa shape index (κ1) is 8.60. The number of esters is 1. The third-order valence-corrected chi connectivity index (χ3v) is 2.03. The maximum Gasteiger partial charge on any atom is 0.309 e. The van der Waals surface area contributed by atoms with Gasteiger partial charge in [-0.1, -0.05) is 18.0 Å². The molecule has 1 saturated carbocycles. The zero-order valence-electron chi connectivity index (χ0n) is 6.25. The van der Waals surface area contributed by atoms with Gasteiger partial charge in [-0.3, -0.25) is 4.79 Å². The molecule has 1 aliphatic carbocycles. The molecule has 1 fully saturated rings. The van der Waals surface area contributed by atoms with Crippen LogP contribution in [0.25, 0.3) is 0 Å². The van der Waals surface area contributed by atoms with Gasteiger partial charge >= 0.3 is 5.97 Å². The highest BCUT2D eigenvalue weighted by molar-refractivity contribution is 6.25. The SMILES string of the molecule is O=C(OC/C=C/Cl)C1CCC1. The molecular weight excluding hydrogens is 164 g/mol. The van der Waals surface area contributed by atoms with Crippen molar-refractivity contribution in [2.45, 2.75) is 19.3 Å². The van der Waals surface area contributed by atoms with Crippen molar-refractivity contribution in [3.63, 3.8) is 0 Å². The van der Waals surface area contributed by atoms with E-state index in [-0.39, 0.29) is 11.9 Å². The molecule has 0 aliphatic heterocycles. The van der Waals surface area contributed by atoms with E-state index in [1.807, 2.05) is 0 Å². The number of rotatable bonds is 3. The monoisotopic (exact) mass is 174 g/mol. The summed E-state index contributed by atoms with van der Waals surface area (Å²) in [5.74, 6) is 0.0877. The molecule has 0 aromatic carbocycles. The third kappa shape index (κ3) is 2.54. The van der Waals surface area contributed by atoms with Crippen LogP contribution in [0.3, 0.4) is 0 Å². The Hall–Kier alpha value is -0.500. The summed E-state index contributed by atoms with van der Waals surface area (Å²) in [6.45, 7) is 0.304. The normalized spacial score (nSPS) is 18.3. The van der Waals surface area contributed by atoms with Crippen LogP contribution in [-0.2, 0) is 9.53 Å². The van der Waals surface area contributed by atoms with Crippen LogP contribution in [0.4, 0.5) is 0 Å². The average Bonchev–Trinajstić information content (AvgIpc) is 1.84. The fourth-order valence-electron chi connectivity index (χ4n) is 0.928. The Morgan fingerprint density at radius 3 is 2.82 bits per heavy atom. The van der Waals surface area contributed by atoms with Crippen LogP contribution in [-0.4, -0.2) is 12.6 Å². The Labute approximate surface area is 71.2 Å². The second-order valence-corrected chi connectivity index (χ2v) is 2.87. The predicted octanol–water partition coefficient (Wildman–Crippen LogP) is 2.08. The molecule has 0 N–H and O–H groups in total. The minimum absolute atomic E-state index is 0.0778. The first-order chi connectivity index (χ1) is 5.34. The Morgan fingerprint density at radius 2 is 2.36 bits per heavy atom. The minimum Gasteiger partial charge on any atom is -0.461 e. The van der Waals surface area contributed by atoms with Gasteiger partial charge in [-0.05, 0) is 18.9 Å². The molecule has 0 saturated heterocycles. The van der Waals surface area contributed by atoms with E-state index in [0.29, 0.717) is 6.61 Å². The topological polar surface area (TPSA) is 26.3 Å². The van der Waals surface area contributed by atoms with Crippen LogP contribution in [0.2, 0.25) is 0 Å². The van der Waals surface area contributed by atoms with Crippen molar-refractivity contribution in [1.29, 1.82) is 0 Å². The van der Waals surface area contributed by atoms with Crippen molar-refractivity contribution in [3.8, 4) is 0 Å². The first-order valence-corrected chi connectivity index (χ1v) is 4.20. The molecule has 0 unspecified atom stereocenters. The molecule has 0 aromatic rings. The number of halogens is 1. The predicted molar refractivity (Wildman–Crippen MR) is 43.3 cm³/mol. The van der Waals surface area contributed by atoms with Gasteiger partial charge in [0.15, 0.2) is 0 Å². The van der Waals surface area contributed by atoms with Gasteiger partial charge in [0.2, 0.25) is 0 Å². The Bertz CT molecular complexity index is 161. The Balaban J connectivity index is 2.10. The van der Waals surface area contributed by atoms with E-state index in [1.165, 1.54) is 5.54 Å². The molecule has 2 nitrogen and oxygen atoms in total. The lowest BCUT2D eigenvalue weighted by Crippen LogP contribution is -2.24. The van der Waals surface area contributed by atoms with Crippen molar-refractivity contribution in [1.82, 2.24) is 0 Å². The highest BCUT2D eigenvalue weighted by Gasteiger charge is 2.26.